The molecule has 1 nitrogen and oxygen atoms in total. The maximum atomic E-state index is 8.68. The molecule has 0 unspecified atom stereocenters. The maximum absolute atomic E-state index is 8.68. The standard InChI is InChI=1S/C2H3O.CH4.Rb/c1-2-3;;/h1H3;1H4;/q-1;;+1. The molecule has 0 heterocycles. The predicted octanol–water partition coefficient (Wildman–Crippen LogP) is -2.24. The Morgan fingerprint density at radius 3 is 1.60 bits per heavy atom. The van der Waals surface area contributed by atoms with Gasteiger partial charge in [0.1, 0.15) is 0 Å². The maximum Gasteiger partial charge on any atom is 1.00 e. The summed E-state index contributed by atoms with van der Waals surface area (Å²) in [5.41, 5.74) is 0. The third-order valence-corrected chi connectivity index (χ3v) is 0. The SMILES string of the molecule is C.C[C-]=O.[Rb+]. The molecule has 0 N–H and O–H groups in total. The summed E-state index contributed by atoms with van der Waals surface area (Å²) in [5, 5.41) is 0. The summed E-state index contributed by atoms with van der Waals surface area (Å²) in [5.74, 6) is 0. The van der Waals surface area contributed by atoms with E-state index in [4.69, 9.17) is 4.79 Å². The summed E-state index contributed by atoms with van der Waals surface area (Å²) < 4.78 is 0. The largest absolute Gasteiger partial charge is 1.00 e. The van der Waals surface area contributed by atoms with Gasteiger partial charge in [0.25, 0.3) is 0 Å². The van der Waals surface area contributed by atoms with Crippen molar-refractivity contribution in [3.63, 3.8) is 0 Å². The Bertz CT molecular complexity index is 14.4. The Balaban J connectivity index is -0.0000000200. The summed E-state index contributed by atoms with van der Waals surface area (Å²) in [6, 6.07) is 0. The summed E-state index contributed by atoms with van der Waals surface area (Å²) in [6.45, 7) is 1.32. The molecule has 0 aliphatic carbocycles. The van der Waals surface area contributed by atoms with Gasteiger partial charge in [-0.1, -0.05) is 7.43 Å². The van der Waals surface area contributed by atoms with Gasteiger partial charge in [0.2, 0.25) is 0 Å². The van der Waals surface area contributed by atoms with Gasteiger partial charge in [-0.2, -0.15) is 6.92 Å². The first-order valence-electron chi connectivity index (χ1n) is 0.704. The zero-order valence-corrected chi connectivity index (χ0v) is 7.82. The van der Waals surface area contributed by atoms with Crippen molar-refractivity contribution in [1.82, 2.24) is 0 Å². The van der Waals surface area contributed by atoms with E-state index in [0.29, 0.717) is 0 Å². The van der Waals surface area contributed by atoms with E-state index in [-0.39, 0.29) is 65.6 Å². The monoisotopic (exact) mass is 144 g/mol. The van der Waals surface area contributed by atoms with E-state index in [1.807, 2.05) is 0 Å². The Hall–Kier alpha value is 1.48. The summed E-state index contributed by atoms with van der Waals surface area (Å²) in [4.78, 5) is 8.68. The fraction of sp³-hybridized carbons (Fsp3) is 0.667. The fourth-order valence-corrected chi connectivity index (χ4v) is 0. The fourth-order valence-electron chi connectivity index (χ4n) is 0. The molecule has 0 atom stereocenters. The topological polar surface area (TPSA) is 17.1 Å². The summed E-state index contributed by atoms with van der Waals surface area (Å²) in [6.07, 6.45) is 1.50. The summed E-state index contributed by atoms with van der Waals surface area (Å²) in [7, 11) is 0. The van der Waals surface area contributed by atoms with E-state index < -0.39 is 0 Å². The van der Waals surface area contributed by atoms with Crippen LogP contribution in [-0.2, 0) is 4.79 Å². The molecule has 0 rings (SSSR count). The molecular formula is C3H7ORb. The minimum absolute atomic E-state index is 0. The minimum Gasteiger partial charge on any atom is -0.542 e. The molecule has 0 fully saturated rings. The Morgan fingerprint density at radius 2 is 1.60 bits per heavy atom. The molecule has 0 spiro atoms. The van der Waals surface area contributed by atoms with Crippen LogP contribution in [0.1, 0.15) is 14.4 Å². The van der Waals surface area contributed by atoms with Crippen LogP contribution in [0.5, 0.6) is 0 Å². The zero-order chi connectivity index (χ0) is 2.71. The van der Waals surface area contributed by atoms with E-state index in [1.165, 1.54) is 13.2 Å². The van der Waals surface area contributed by atoms with Crippen molar-refractivity contribution < 1.29 is 63.0 Å². The normalized spacial score (nSPS) is 2.60. The molecule has 0 saturated heterocycles. The molecule has 5 heavy (non-hydrogen) atoms. The van der Waals surface area contributed by atoms with Gasteiger partial charge in [-0.3, -0.25) is 6.29 Å². The number of hydrogen-bond acceptors (Lipinski definition) is 1. The first-order chi connectivity index (χ1) is 1.41. The average Bonchev–Trinajstić information content (AvgIpc) is 0.918. The second kappa shape index (κ2) is 17.9. The van der Waals surface area contributed by atoms with Crippen LogP contribution in [0.15, 0.2) is 0 Å². The van der Waals surface area contributed by atoms with Crippen molar-refractivity contribution in [3.05, 3.63) is 0 Å². The second-order valence-corrected chi connectivity index (χ2v) is 0.204. The molecule has 0 aromatic rings. The van der Waals surface area contributed by atoms with Crippen LogP contribution in [0.2, 0.25) is 0 Å². The van der Waals surface area contributed by atoms with Crippen molar-refractivity contribution >= 4 is 6.29 Å². The second-order valence-electron chi connectivity index (χ2n) is 0.204. The summed E-state index contributed by atoms with van der Waals surface area (Å²) >= 11 is 0. The van der Waals surface area contributed by atoms with E-state index >= 15 is 0 Å². The van der Waals surface area contributed by atoms with Crippen molar-refractivity contribution in [1.29, 1.82) is 0 Å². The molecule has 0 aliphatic heterocycles. The van der Waals surface area contributed by atoms with Gasteiger partial charge < -0.3 is 4.79 Å². The van der Waals surface area contributed by atoms with Crippen LogP contribution in [-0.4, -0.2) is 6.29 Å². The molecule has 0 radical (unpaired) electrons. The molecule has 0 aromatic heterocycles. The van der Waals surface area contributed by atoms with Gasteiger partial charge in [0.15, 0.2) is 0 Å². The Morgan fingerprint density at radius 1 is 1.60 bits per heavy atom. The zero-order valence-electron chi connectivity index (χ0n) is 2.91. The van der Waals surface area contributed by atoms with Crippen LogP contribution in [0, 0.1) is 0 Å². The van der Waals surface area contributed by atoms with Gasteiger partial charge in [0.05, 0.1) is 0 Å². The third kappa shape index (κ3) is 30.4. The molecule has 0 bridgehead atoms. The molecule has 0 amide bonds. The van der Waals surface area contributed by atoms with E-state index in [9.17, 15) is 0 Å². The molecule has 0 aromatic carbocycles. The first kappa shape index (κ1) is 16.1. The Kier molecular flexibility index (Phi) is 57.5. The van der Waals surface area contributed by atoms with E-state index in [0.717, 1.165) is 0 Å². The van der Waals surface area contributed by atoms with Gasteiger partial charge in [-0.05, 0) is 0 Å². The average molecular weight is 145 g/mol. The van der Waals surface area contributed by atoms with Crippen molar-refractivity contribution in [3.8, 4) is 0 Å². The molecular weight excluding hydrogens is 138 g/mol. The van der Waals surface area contributed by atoms with Gasteiger partial charge in [-0.15, -0.1) is 0 Å². The predicted molar refractivity (Wildman–Crippen MR) is 18.1 cm³/mol. The molecule has 0 saturated carbocycles. The van der Waals surface area contributed by atoms with Crippen LogP contribution in [0.4, 0.5) is 0 Å². The van der Waals surface area contributed by atoms with E-state index in [1.54, 1.807) is 0 Å². The van der Waals surface area contributed by atoms with Crippen molar-refractivity contribution in [2.75, 3.05) is 0 Å². The van der Waals surface area contributed by atoms with Crippen LogP contribution >= 0.6 is 0 Å². The van der Waals surface area contributed by atoms with Crippen molar-refractivity contribution in [2.45, 2.75) is 14.4 Å². The van der Waals surface area contributed by atoms with Gasteiger partial charge in [-0.25, -0.2) is 0 Å². The molecule has 2 heteroatoms. The Labute approximate surface area is 81.9 Å². The smallest absolute Gasteiger partial charge is 0.542 e. The third-order valence-electron chi connectivity index (χ3n) is 0. The van der Waals surface area contributed by atoms with Crippen LogP contribution < -0.4 is 58.2 Å². The van der Waals surface area contributed by atoms with Crippen LogP contribution in [0.3, 0.4) is 0 Å². The van der Waals surface area contributed by atoms with E-state index in [2.05, 4.69) is 0 Å². The van der Waals surface area contributed by atoms with Crippen molar-refractivity contribution in [2.24, 2.45) is 0 Å². The quantitative estimate of drug-likeness (QED) is 0.352. The van der Waals surface area contributed by atoms with Gasteiger partial charge in [0, 0.05) is 0 Å². The first-order valence-corrected chi connectivity index (χ1v) is 0.704. The molecule has 26 valence electrons. The number of carbonyl (C=O) groups excluding carboxylic acids is 1. The molecule has 0 aliphatic rings. The minimum atomic E-state index is 0. The van der Waals surface area contributed by atoms with Crippen LogP contribution in [0.25, 0.3) is 0 Å². The number of hydrogen-bond donors (Lipinski definition) is 0. The van der Waals surface area contributed by atoms with Gasteiger partial charge >= 0.3 is 58.2 Å². The number of rotatable bonds is 0.